The van der Waals surface area contributed by atoms with Crippen molar-refractivity contribution in [3.05, 3.63) is 77.9 Å². The number of para-hydroxylation sites is 2. The van der Waals surface area contributed by atoms with E-state index in [1.807, 2.05) is 0 Å². The van der Waals surface area contributed by atoms with Crippen LogP contribution in [0.2, 0.25) is 0 Å². The SMILES string of the molecule is Cc1ccc(C)c(-n2c3ccccc3c3ccccc32)c1. The lowest BCUT2D eigenvalue weighted by atomic mass is 10.1. The second-order valence-corrected chi connectivity index (χ2v) is 5.66. The van der Waals surface area contributed by atoms with Crippen molar-refractivity contribution in [2.75, 3.05) is 0 Å². The van der Waals surface area contributed by atoms with Crippen LogP contribution < -0.4 is 0 Å². The fourth-order valence-electron chi connectivity index (χ4n) is 3.14. The summed E-state index contributed by atoms with van der Waals surface area (Å²) in [6, 6.07) is 23.9. The first kappa shape index (κ1) is 12.2. The molecule has 102 valence electrons. The minimum Gasteiger partial charge on any atom is -0.309 e. The number of fused-ring (bicyclic) bond motifs is 3. The number of rotatable bonds is 1. The van der Waals surface area contributed by atoms with E-state index in [0.29, 0.717) is 0 Å². The highest BCUT2D eigenvalue weighted by atomic mass is 15.0. The van der Waals surface area contributed by atoms with Crippen LogP contribution in [0.4, 0.5) is 0 Å². The molecule has 21 heavy (non-hydrogen) atoms. The first-order valence-electron chi connectivity index (χ1n) is 7.31. The monoisotopic (exact) mass is 271 g/mol. The summed E-state index contributed by atoms with van der Waals surface area (Å²) in [6.45, 7) is 4.33. The van der Waals surface area contributed by atoms with E-state index in [2.05, 4.69) is 85.1 Å². The largest absolute Gasteiger partial charge is 0.309 e. The van der Waals surface area contributed by atoms with Crippen LogP contribution in [0.5, 0.6) is 0 Å². The molecule has 1 aromatic heterocycles. The zero-order valence-electron chi connectivity index (χ0n) is 12.3. The number of hydrogen-bond donors (Lipinski definition) is 0. The van der Waals surface area contributed by atoms with Crippen LogP contribution in [-0.2, 0) is 0 Å². The zero-order valence-corrected chi connectivity index (χ0v) is 12.3. The molecule has 0 atom stereocenters. The zero-order chi connectivity index (χ0) is 14.4. The van der Waals surface area contributed by atoms with E-state index in [0.717, 1.165) is 0 Å². The predicted molar refractivity (Wildman–Crippen MR) is 90.3 cm³/mol. The van der Waals surface area contributed by atoms with Gasteiger partial charge in [-0.05, 0) is 43.2 Å². The molecular formula is C20H17N. The van der Waals surface area contributed by atoms with Gasteiger partial charge in [0.05, 0.1) is 11.0 Å². The molecule has 4 rings (SSSR count). The average Bonchev–Trinajstić information content (AvgIpc) is 2.84. The summed E-state index contributed by atoms with van der Waals surface area (Å²) < 4.78 is 2.38. The highest BCUT2D eigenvalue weighted by molar-refractivity contribution is 6.09. The molecule has 0 amide bonds. The third-order valence-electron chi connectivity index (χ3n) is 4.19. The molecule has 4 aromatic rings. The first-order chi connectivity index (χ1) is 10.3. The van der Waals surface area contributed by atoms with Crippen molar-refractivity contribution in [2.45, 2.75) is 13.8 Å². The lowest BCUT2D eigenvalue weighted by Gasteiger charge is -2.12. The van der Waals surface area contributed by atoms with Crippen LogP contribution in [0, 0.1) is 13.8 Å². The van der Waals surface area contributed by atoms with Crippen LogP contribution in [-0.4, -0.2) is 4.57 Å². The topological polar surface area (TPSA) is 4.93 Å². The minimum atomic E-state index is 1.27. The molecule has 1 heterocycles. The highest BCUT2D eigenvalue weighted by Gasteiger charge is 2.12. The fraction of sp³-hybridized carbons (Fsp3) is 0.100. The standard InChI is InChI=1S/C20H17N/c1-14-11-12-15(2)20(13-14)21-18-9-5-3-7-16(18)17-8-4-6-10-19(17)21/h3-13H,1-2H3. The Morgan fingerprint density at radius 2 is 1.24 bits per heavy atom. The van der Waals surface area contributed by atoms with E-state index >= 15 is 0 Å². The van der Waals surface area contributed by atoms with Crippen LogP contribution in [0.15, 0.2) is 66.7 Å². The smallest absolute Gasteiger partial charge is 0.0541 e. The van der Waals surface area contributed by atoms with E-state index in [4.69, 9.17) is 0 Å². The van der Waals surface area contributed by atoms with Gasteiger partial charge in [-0.15, -0.1) is 0 Å². The number of hydrogen-bond acceptors (Lipinski definition) is 0. The fourth-order valence-corrected chi connectivity index (χ4v) is 3.14. The lowest BCUT2D eigenvalue weighted by Crippen LogP contribution is -1.97. The van der Waals surface area contributed by atoms with Crippen LogP contribution in [0.25, 0.3) is 27.5 Å². The maximum Gasteiger partial charge on any atom is 0.0541 e. The van der Waals surface area contributed by atoms with Gasteiger partial charge in [0, 0.05) is 16.5 Å². The number of benzene rings is 3. The van der Waals surface area contributed by atoms with Gasteiger partial charge in [-0.1, -0.05) is 48.5 Å². The van der Waals surface area contributed by atoms with Crippen molar-refractivity contribution in [3.8, 4) is 5.69 Å². The molecule has 0 aliphatic carbocycles. The molecule has 0 saturated heterocycles. The second-order valence-electron chi connectivity index (χ2n) is 5.66. The van der Waals surface area contributed by atoms with Gasteiger partial charge in [-0.2, -0.15) is 0 Å². The van der Waals surface area contributed by atoms with Crippen molar-refractivity contribution in [3.63, 3.8) is 0 Å². The maximum atomic E-state index is 2.38. The molecule has 3 aromatic carbocycles. The third-order valence-corrected chi connectivity index (χ3v) is 4.19. The van der Waals surface area contributed by atoms with Gasteiger partial charge in [0.2, 0.25) is 0 Å². The van der Waals surface area contributed by atoms with Crippen LogP contribution in [0.1, 0.15) is 11.1 Å². The summed E-state index contributed by atoms with van der Waals surface area (Å²) >= 11 is 0. The quantitative estimate of drug-likeness (QED) is 0.437. The van der Waals surface area contributed by atoms with Crippen molar-refractivity contribution in [1.29, 1.82) is 0 Å². The Kier molecular flexibility index (Phi) is 2.61. The van der Waals surface area contributed by atoms with Gasteiger partial charge in [-0.3, -0.25) is 0 Å². The van der Waals surface area contributed by atoms with Crippen LogP contribution in [0.3, 0.4) is 0 Å². The summed E-state index contributed by atoms with van der Waals surface area (Å²) in [4.78, 5) is 0. The molecular weight excluding hydrogens is 254 g/mol. The summed E-state index contributed by atoms with van der Waals surface area (Å²) in [5, 5.41) is 2.63. The molecule has 0 saturated carbocycles. The molecule has 0 N–H and O–H groups in total. The molecule has 1 nitrogen and oxygen atoms in total. The Hall–Kier alpha value is -2.54. The summed E-state index contributed by atoms with van der Waals surface area (Å²) in [6.07, 6.45) is 0. The van der Waals surface area contributed by atoms with E-state index in [1.54, 1.807) is 0 Å². The Bertz CT molecular complexity index is 907. The molecule has 0 aliphatic heterocycles. The normalized spacial score (nSPS) is 11.3. The third kappa shape index (κ3) is 1.78. The summed E-state index contributed by atoms with van der Waals surface area (Å²) in [5.41, 5.74) is 6.40. The van der Waals surface area contributed by atoms with E-state index in [-0.39, 0.29) is 0 Å². The Morgan fingerprint density at radius 3 is 1.86 bits per heavy atom. The summed E-state index contributed by atoms with van der Waals surface area (Å²) in [5.74, 6) is 0. The van der Waals surface area contributed by atoms with Gasteiger partial charge >= 0.3 is 0 Å². The van der Waals surface area contributed by atoms with Crippen molar-refractivity contribution < 1.29 is 0 Å². The second kappa shape index (κ2) is 4.49. The van der Waals surface area contributed by atoms with Gasteiger partial charge in [-0.25, -0.2) is 0 Å². The van der Waals surface area contributed by atoms with Crippen LogP contribution >= 0.6 is 0 Å². The van der Waals surface area contributed by atoms with Gasteiger partial charge in [0.15, 0.2) is 0 Å². The number of aryl methyl sites for hydroxylation is 2. The van der Waals surface area contributed by atoms with E-state index in [9.17, 15) is 0 Å². The molecule has 0 bridgehead atoms. The average molecular weight is 271 g/mol. The lowest BCUT2D eigenvalue weighted by molar-refractivity contribution is 1.14. The molecule has 0 unspecified atom stereocenters. The molecule has 0 spiro atoms. The summed E-state index contributed by atoms with van der Waals surface area (Å²) in [7, 11) is 0. The molecule has 1 heteroatoms. The molecule has 0 radical (unpaired) electrons. The number of aromatic nitrogens is 1. The molecule has 0 aliphatic rings. The maximum absolute atomic E-state index is 2.38. The Morgan fingerprint density at radius 1 is 0.667 bits per heavy atom. The van der Waals surface area contributed by atoms with E-state index in [1.165, 1.54) is 38.6 Å². The predicted octanol–water partition coefficient (Wildman–Crippen LogP) is 5.40. The molecule has 0 fully saturated rings. The Balaban J connectivity index is 2.23. The van der Waals surface area contributed by atoms with E-state index < -0.39 is 0 Å². The highest BCUT2D eigenvalue weighted by Crippen LogP contribution is 2.32. The van der Waals surface area contributed by atoms with Crippen molar-refractivity contribution >= 4 is 21.8 Å². The number of nitrogens with zero attached hydrogens (tertiary/aromatic N) is 1. The first-order valence-corrected chi connectivity index (χ1v) is 7.31. The van der Waals surface area contributed by atoms with Crippen molar-refractivity contribution in [1.82, 2.24) is 4.57 Å². The van der Waals surface area contributed by atoms with Gasteiger partial charge in [0.1, 0.15) is 0 Å². The van der Waals surface area contributed by atoms with Crippen molar-refractivity contribution in [2.24, 2.45) is 0 Å². The minimum absolute atomic E-state index is 1.27. The Labute approximate surface area is 124 Å². The van der Waals surface area contributed by atoms with Gasteiger partial charge < -0.3 is 4.57 Å². The van der Waals surface area contributed by atoms with Gasteiger partial charge in [0.25, 0.3) is 0 Å².